The third-order valence-corrected chi connectivity index (χ3v) is 4.18. The van der Waals surface area contributed by atoms with Gasteiger partial charge in [-0.15, -0.1) is 5.10 Å². The predicted octanol–water partition coefficient (Wildman–Crippen LogP) is 4.15. The van der Waals surface area contributed by atoms with Crippen LogP contribution in [0.15, 0.2) is 16.6 Å². The van der Waals surface area contributed by atoms with Gasteiger partial charge in [-0.25, -0.2) is 4.68 Å². The maximum absolute atomic E-state index is 11.9. The average molecular weight is 357 g/mol. The molecule has 0 saturated heterocycles. The molecular weight excluding hydrogens is 342 g/mol. The minimum atomic E-state index is 0.00225. The van der Waals surface area contributed by atoms with Crippen LogP contribution in [0.1, 0.15) is 42.0 Å². The third-order valence-electron chi connectivity index (χ3n) is 3.14. The fourth-order valence-corrected chi connectivity index (χ4v) is 2.78. The summed E-state index contributed by atoms with van der Waals surface area (Å²) in [7, 11) is 0. The van der Waals surface area contributed by atoms with Crippen molar-refractivity contribution in [2.24, 2.45) is 0 Å². The van der Waals surface area contributed by atoms with Gasteiger partial charge < -0.3 is 0 Å². The van der Waals surface area contributed by atoms with Crippen molar-refractivity contribution in [3.8, 4) is 5.69 Å². The average Bonchev–Trinajstić information content (AvgIpc) is 2.85. The molecule has 0 unspecified atom stereocenters. The molecular formula is C14H15BrClN3O. The van der Waals surface area contributed by atoms with Crippen LogP contribution in [-0.2, 0) is 6.42 Å². The zero-order valence-electron chi connectivity index (χ0n) is 11.6. The SMILES string of the molecule is CCC(=O)c1nnn(-c2cc(Cl)c(C)cc2Br)c1CC. The Kier molecular flexibility index (Phi) is 4.60. The molecule has 20 heavy (non-hydrogen) atoms. The van der Waals surface area contributed by atoms with Crippen LogP contribution in [-0.4, -0.2) is 20.8 Å². The highest BCUT2D eigenvalue weighted by Gasteiger charge is 2.19. The number of aromatic nitrogens is 3. The molecule has 6 heteroatoms. The maximum Gasteiger partial charge on any atom is 0.184 e. The first-order valence-electron chi connectivity index (χ1n) is 6.43. The second-order valence-corrected chi connectivity index (χ2v) is 5.74. The van der Waals surface area contributed by atoms with Crippen molar-refractivity contribution in [3.63, 3.8) is 0 Å². The van der Waals surface area contributed by atoms with Gasteiger partial charge in [-0.3, -0.25) is 4.79 Å². The molecule has 0 radical (unpaired) electrons. The summed E-state index contributed by atoms with van der Waals surface area (Å²) in [5.74, 6) is 0.00225. The molecule has 2 rings (SSSR count). The standard InChI is InChI=1S/C14H15BrClN3O/c1-4-11-14(13(20)5-2)17-18-19(11)12-7-10(16)8(3)6-9(12)15/h6-7H,4-5H2,1-3H3. The van der Waals surface area contributed by atoms with Crippen LogP contribution in [0.25, 0.3) is 5.69 Å². The van der Waals surface area contributed by atoms with Crippen LogP contribution < -0.4 is 0 Å². The van der Waals surface area contributed by atoms with Crippen molar-refractivity contribution < 1.29 is 4.79 Å². The summed E-state index contributed by atoms with van der Waals surface area (Å²) in [6.45, 7) is 5.73. The number of hydrogen-bond acceptors (Lipinski definition) is 3. The Morgan fingerprint density at radius 2 is 2.10 bits per heavy atom. The summed E-state index contributed by atoms with van der Waals surface area (Å²) >= 11 is 9.69. The zero-order chi connectivity index (χ0) is 14.9. The van der Waals surface area contributed by atoms with Gasteiger partial charge in [0.25, 0.3) is 0 Å². The number of hydrogen-bond donors (Lipinski definition) is 0. The first-order valence-corrected chi connectivity index (χ1v) is 7.60. The summed E-state index contributed by atoms with van der Waals surface area (Å²) in [4.78, 5) is 11.9. The normalized spacial score (nSPS) is 10.8. The summed E-state index contributed by atoms with van der Waals surface area (Å²) in [5.41, 5.74) is 3.02. The van der Waals surface area contributed by atoms with Crippen molar-refractivity contribution >= 4 is 33.3 Å². The Morgan fingerprint density at radius 1 is 1.40 bits per heavy atom. The number of rotatable bonds is 4. The molecule has 1 aromatic carbocycles. The summed E-state index contributed by atoms with van der Waals surface area (Å²) in [5, 5.41) is 8.80. The molecule has 0 aliphatic heterocycles. The molecule has 4 nitrogen and oxygen atoms in total. The van der Waals surface area contributed by atoms with Crippen molar-refractivity contribution in [2.75, 3.05) is 0 Å². The van der Waals surface area contributed by atoms with Crippen molar-refractivity contribution in [1.82, 2.24) is 15.0 Å². The minimum Gasteiger partial charge on any atom is -0.292 e. The largest absolute Gasteiger partial charge is 0.292 e. The van der Waals surface area contributed by atoms with E-state index in [-0.39, 0.29) is 5.78 Å². The Morgan fingerprint density at radius 3 is 2.70 bits per heavy atom. The molecule has 0 saturated carbocycles. The molecule has 1 aromatic heterocycles. The van der Waals surface area contributed by atoms with E-state index >= 15 is 0 Å². The van der Waals surface area contributed by atoms with Crippen LogP contribution in [0.2, 0.25) is 5.02 Å². The van der Waals surface area contributed by atoms with E-state index in [1.165, 1.54) is 0 Å². The number of Topliss-reactive ketones (excluding diaryl/α,β-unsaturated/α-hetero) is 1. The van der Waals surface area contributed by atoms with E-state index in [4.69, 9.17) is 11.6 Å². The molecule has 106 valence electrons. The van der Waals surface area contributed by atoms with Crippen LogP contribution in [0.4, 0.5) is 0 Å². The summed E-state index contributed by atoms with van der Waals surface area (Å²) in [6, 6.07) is 3.76. The van der Waals surface area contributed by atoms with Crippen molar-refractivity contribution in [3.05, 3.63) is 38.6 Å². The van der Waals surface area contributed by atoms with Crippen molar-refractivity contribution in [2.45, 2.75) is 33.6 Å². The number of carbonyl (C=O) groups is 1. The Hall–Kier alpha value is -1.20. The van der Waals surface area contributed by atoms with Gasteiger partial charge in [0.15, 0.2) is 11.5 Å². The molecule has 0 aliphatic carbocycles. The number of nitrogens with zero attached hydrogens (tertiary/aromatic N) is 3. The van der Waals surface area contributed by atoms with E-state index in [1.54, 1.807) is 4.68 Å². The molecule has 0 aliphatic rings. The van der Waals surface area contributed by atoms with Gasteiger partial charge in [0.2, 0.25) is 0 Å². The highest BCUT2D eigenvalue weighted by molar-refractivity contribution is 9.10. The number of aryl methyl sites for hydroxylation is 1. The van der Waals surface area contributed by atoms with Gasteiger partial charge in [-0.1, -0.05) is 30.7 Å². The van der Waals surface area contributed by atoms with E-state index in [2.05, 4.69) is 26.2 Å². The second-order valence-electron chi connectivity index (χ2n) is 4.48. The molecule has 0 atom stereocenters. The lowest BCUT2D eigenvalue weighted by Gasteiger charge is -2.10. The highest BCUT2D eigenvalue weighted by Crippen LogP contribution is 2.29. The van der Waals surface area contributed by atoms with Gasteiger partial charge in [0.05, 0.1) is 11.4 Å². The van der Waals surface area contributed by atoms with E-state index < -0.39 is 0 Å². The monoisotopic (exact) mass is 355 g/mol. The Balaban J connectivity index is 2.62. The van der Waals surface area contributed by atoms with Crippen LogP contribution in [0.3, 0.4) is 0 Å². The molecule has 0 bridgehead atoms. The fourth-order valence-electron chi connectivity index (χ4n) is 1.99. The molecule has 2 aromatic rings. The van der Waals surface area contributed by atoms with E-state index in [9.17, 15) is 4.79 Å². The van der Waals surface area contributed by atoms with Gasteiger partial charge in [0, 0.05) is 15.9 Å². The summed E-state index contributed by atoms with van der Waals surface area (Å²) in [6.07, 6.45) is 1.09. The van der Waals surface area contributed by atoms with Crippen LogP contribution in [0, 0.1) is 6.92 Å². The van der Waals surface area contributed by atoms with Gasteiger partial charge >= 0.3 is 0 Å². The summed E-state index contributed by atoms with van der Waals surface area (Å²) < 4.78 is 2.55. The lowest BCUT2D eigenvalue weighted by Crippen LogP contribution is -2.06. The molecule has 0 N–H and O–H groups in total. The number of ketones is 1. The first kappa shape index (κ1) is 15.2. The molecule has 0 spiro atoms. The van der Waals surface area contributed by atoms with Crippen LogP contribution in [0.5, 0.6) is 0 Å². The first-order chi connectivity index (χ1) is 9.49. The van der Waals surface area contributed by atoms with Gasteiger partial charge in [-0.05, 0) is 47.0 Å². The van der Waals surface area contributed by atoms with Crippen molar-refractivity contribution in [1.29, 1.82) is 0 Å². The lowest BCUT2D eigenvalue weighted by molar-refractivity contribution is 0.0982. The third kappa shape index (κ3) is 2.65. The zero-order valence-corrected chi connectivity index (χ0v) is 13.9. The highest BCUT2D eigenvalue weighted by atomic mass is 79.9. The minimum absolute atomic E-state index is 0.00225. The van der Waals surface area contributed by atoms with E-state index in [0.717, 1.165) is 21.4 Å². The van der Waals surface area contributed by atoms with Gasteiger partial charge in [-0.2, -0.15) is 0 Å². The Labute approximate surface area is 131 Å². The number of benzene rings is 1. The van der Waals surface area contributed by atoms with E-state index in [0.29, 0.717) is 23.6 Å². The second kappa shape index (κ2) is 6.06. The molecule has 0 amide bonds. The molecule has 0 fully saturated rings. The topological polar surface area (TPSA) is 47.8 Å². The predicted molar refractivity (Wildman–Crippen MR) is 82.8 cm³/mol. The number of carbonyl (C=O) groups excluding carboxylic acids is 1. The smallest absolute Gasteiger partial charge is 0.184 e. The fraction of sp³-hybridized carbons (Fsp3) is 0.357. The van der Waals surface area contributed by atoms with Gasteiger partial charge in [0.1, 0.15) is 0 Å². The van der Waals surface area contributed by atoms with Crippen LogP contribution >= 0.6 is 27.5 Å². The molecule has 1 heterocycles. The maximum atomic E-state index is 11.9. The quantitative estimate of drug-likeness (QED) is 0.773. The lowest BCUT2D eigenvalue weighted by atomic mass is 10.1. The Bertz CT molecular complexity index is 667. The number of halogens is 2. The van der Waals surface area contributed by atoms with E-state index in [1.807, 2.05) is 32.9 Å².